The number of nitrogens with zero attached hydrogens (tertiary/aromatic N) is 1. The number of imide groups is 1. The van der Waals surface area contributed by atoms with E-state index in [1.165, 1.54) is 12.1 Å². The van der Waals surface area contributed by atoms with Gasteiger partial charge < -0.3 is 10.5 Å². The van der Waals surface area contributed by atoms with E-state index in [1.807, 2.05) is 0 Å². The fourth-order valence-electron chi connectivity index (χ4n) is 3.05. The first-order valence-electron chi connectivity index (χ1n) is 9.61. The average Bonchev–Trinajstić information content (AvgIpc) is 3.11. The normalized spacial score (nSPS) is 14.9. The van der Waals surface area contributed by atoms with Crippen LogP contribution in [0.1, 0.15) is 21.6 Å². The molecule has 1 aromatic heterocycles. The zero-order valence-corrected chi connectivity index (χ0v) is 17.9. The number of carbonyl (C=O) groups is 3. The van der Waals surface area contributed by atoms with Gasteiger partial charge in [0, 0.05) is 11.1 Å². The maximum Gasteiger partial charge on any atom is 0.416 e. The summed E-state index contributed by atoms with van der Waals surface area (Å²) >= 11 is 0.584. The van der Waals surface area contributed by atoms with E-state index in [0.29, 0.717) is 28.8 Å². The van der Waals surface area contributed by atoms with E-state index in [0.717, 1.165) is 18.2 Å². The first-order valence-corrected chi connectivity index (χ1v) is 10.4. The molecule has 0 atom stereocenters. The van der Waals surface area contributed by atoms with Crippen LogP contribution in [0.15, 0.2) is 65.6 Å². The van der Waals surface area contributed by atoms with Gasteiger partial charge in [0.1, 0.15) is 17.2 Å². The zero-order chi connectivity index (χ0) is 24.5. The minimum absolute atomic E-state index is 0.0259. The van der Waals surface area contributed by atoms with Crippen LogP contribution in [-0.2, 0) is 11.0 Å². The summed E-state index contributed by atoms with van der Waals surface area (Å²) in [5, 5.41) is 1.44. The van der Waals surface area contributed by atoms with Crippen LogP contribution < -0.4 is 15.8 Å². The van der Waals surface area contributed by atoms with Crippen molar-refractivity contribution >= 4 is 34.9 Å². The zero-order valence-electron chi connectivity index (χ0n) is 17.1. The van der Waals surface area contributed by atoms with Crippen molar-refractivity contribution in [2.45, 2.75) is 6.18 Å². The molecule has 1 saturated heterocycles. The van der Waals surface area contributed by atoms with Crippen molar-refractivity contribution in [1.29, 1.82) is 0 Å². The van der Waals surface area contributed by atoms with Crippen LogP contribution >= 0.6 is 11.8 Å². The minimum Gasteiger partial charge on any atom is -0.457 e. The van der Waals surface area contributed by atoms with Crippen LogP contribution in [0.2, 0.25) is 0 Å². The van der Waals surface area contributed by atoms with Gasteiger partial charge in [0.25, 0.3) is 17.1 Å². The summed E-state index contributed by atoms with van der Waals surface area (Å²) in [6.07, 6.45) is -3.44. The van der Waals surface area contributed by atoms with Crippen LogP contribution in [0.3, 0.4) is 0 Å². The molecule has 172 valence electrons. The molecule has 2 heterocycles. The average molecular weight is 485 g/mol. The molecule has 1 aliphatic heterocycles. The number of hydrogen-bond acceptors (Lipinski definition) is 6. The first-order chi connectivity index (χ1) is 16.1. The van der Waals surface area contributed by atoms with Crippen LogP contribution in [0.4, 0.5) is 18.0 Å². The third kappa shape index (κ3) is 5.09. The Kier molecular flexibility index (Phi) is 6.12. The fraction of sp³-hybridized carbons (Fsp3) is 0.0435. The highest BCUT2D eigenvalue weighted by atomic mass is 32.2. The molecule has 0 bridgehead atoms. The fourth-order valence-corrected chi connectivity index (χ4v) is 3.72. The second kappa shape index (κ2) is 9.02. The number of benzene rings is 2. The van der Waals surface area contributed by atoms with Gasteiger partial charge in [-0.15, -0.1) is 0 Å². The topological polar surface area (TPSA) is 111 Å². The molecule has 34 heavy (non-hydrogen) atoms. The van der Waals surface area contributed by atoms with Gasteiger partial charge >= 0.3 is 6.18 Å². The number of thioether (sulfide) groups is 1. The molecule has 1 aliphatic rings. The van der Waals surface area contributed by atoms with Gasteiger partial charge in [0.15, 0.2) is 0 Å². The summed E-state index contributed by atoms with van der Waals surface area (Å²) in [4.78, 5) is 38.7. The molecule has 1 fully saturated rings. The number of aromatic nitrogens is 1. The van der Waals surface area contributed by atoms with E-state index in [2.05, 4.69) is 10.3 Å². The predicted octanol–water partition coefficient (Wildman–Crippen LogP) is 4.98. The maximum atomic E-state index is 13.2. The predicted molar refractivity (Wildman–Crippen MR) is 119 cm³/mol. The Morgan fingerprint density at radius 2 is 1.79 bits per heavy atom. The Labute approximate surface area is 194 Å². The van der Waals surface area contributed by atoms with E-state index in [-0.39, 0.29) is 21.9 Å². The number of alkyl halides is 3. The number of nitrogens with two attached hydrogens (primary N) is 1. The molecule has 0 saturated carbocycles. The summed E-state index contributed by atoms with van der Waals surface area (Å²) in [5.41, 5.74) is 5.55. The molecular weight excluding hydrogens is 471 g/mol. The van der Waals surface area contributed by atoms with Crippen molar-refractivity contribution in [3.8, 4) is 22.8 Å². The number of rotatable bonds is 5. The largest absolute Gasteiger partial charge is 0.457 e. The first kappa shape index (κ1) is 23.1. The SMILES string of the molecule is NC(=O)c1cccc(-c2ccc(Oc3ccc(C(F)(F)F)cc3/C=C3\SC(=O)NC3=O)cc2)n1. The lowest BCUT2D eigenvalue weighted by Crippen LogP contribution is -2.17. The summed E-state index contributed by atoms with van der Waals surface area (Å²) in [6.45, 7) is 0. The molecular formula is C23H14F3N3O4S. The second-order valence-corrected chi connectivity index (χ2v) is 8.02. The lowest BCUT2D eigenvalue weighted by Gasteiger charge is -2.13. The van der Waals surface area contributed by atoms with Gasteiger partial charge in [-0.2, -0.15) is 13.2 Å². The minimum atomic E-state index is -4.61. The van der Waals surface area contributed by atoms with Crippen molar-refractivity contribution < 1.29 is 32.3 Å². The molecule has 11 heteroatoms. The van der Waals surface area contributed by atoms with E-state index >= 15 is 0 Å². The van der Waals surface area contributed by atoms with Gasteiger partial charge in [-0.1, -0.05) is 6.07 Å². The van der Waals surface area contributed by atoms with Crippen LogP contribution in [0.5, 0.6) is 11.5 Å². The highest BCUT2D eigenvalue weighted by Crippen LogP contribution is 2.37. The quantitative estimate of drug-likeness (QED) is 0.493. The number of nitrogens with one attached hydrogen (secondary N) is 1. The second-order valence-electron chi connectivity index (χ2n) is 7.00. The van der Waals surface area contributed by atoms with Gasteiger partial charge in [-0.05, 0) is 72.4 Å². The number of halogens is 3. The van der Waals surface area contributed by atoms with Crippen LogP contribution in [-0.4, -0.2) is 22.0 Å². The van der Waals surface area contributed by atoms with Gasteiger partial charge in [0.05, 0.1) is 16.2 Å². The van der Waals surface area contributed by atoms with E-state index in [4.69, 9.17) is 10.5 Å². The van der Waals surface area contributed by atoms with Gasteiger partial charge in [0.2, 0.25) is 0 Å². The van der Waals surface area contributed by atoms with Crippen molar-refractivity contribution in [3.63, 3.8) is 0 Å². The van der Waals surface area contributed by atoms with Gasteiger partial charge in [-0.25, -0.2) is 4.98 Å². The summed E-state index contributed by atoms with van der Waals surface area (Å²) in [6, 6.07) is 14.1. The Hall–Kier alpha value is -4.12. The molecule has 0 unspecified atom stereocenters. The Balaban J connectivity index is 1.65. The number of hydrogen-bond donors (Lipinski definition) is 2. The highest BCUT2D eigenvalue weighted by Gasteiger charge is 2.32. The lowest BCUT2D eigenvalue weighted by atomic mass is 10.1. The molecule has 0 spiro atoms. The van der Waals surface area contributed by atoms with Crippen LogP contribution in [0.25, 0.3) is 17.3 Å². The Morgan fingerprint density at radius 1 is 1.06 bits per heavy atom. The molecule has 4 rings (SSSR count). The number of pyridine rings is 1. The molecule has 3 amide bonds. The number of ether oxygens (including phenoxy) is 1. The number of primary amides is 1. The van der Waals surface area contributed by atoms with E-state index < -0.39 is 28.8 Å². The van der Waals surface area contributed by atoms with Crippen molar-refractivity contribution in [2.24, 2.45) is 5.73 Å². The Morgan fingerprint density at radius 3 is 2.41 bits per heavy atom. The van der Waals surface area contributed by atoms with E-state index in [1.54, 1.807) is 36.4 Å². The Bertz CT molecular complexity index is 1340. The van der Waals surface area contributed by atoms with Crippen molar-refractivity contribution in [3.05, 3.63) is 82.4 Å². The summed E-state index contributed by atoms with van der Waals surface area (Å²) < 4.78 is 45.5. The van der Waals surface area contributed by atoms with Crippen molar-refractivity contribution in [2.75, 3.05) is 0 Å². The van der Waals surface area contributed by atoms with Crippen molar-refractivity contribution in [1.82, 2.24) is 10.3 Å². The number of carbonyl (C=O) groups excluding carboxylic acids is 3. The molecule has 3 aromatic rings. The number of amides is 3. The summed E-state index contributed by atoms with van der Waals surface area (Å²) in [5.74, 6) is -1.02. The monoisotopic (exact) mass is 485 g/mol. The molecule has 3 N–H and O–H groups in total. The van der Waals surface area contributed by atoms with Gasteiger partial charge in [-0.3, -0.25) is 19.7 Å². The lowest BCUT2D eigenvalue weighted by molar-refractivity contribution is -0.137. The molecule has 0 aliphatic carbocycles. The smallest absolute Gasteiger partial charge is 0.416 e. The molecule has 7 nitrogen and oxygen atoms in total. The maximum absolute atomic E-state index is 13.2. The third-order valence-corrected chi connectivity index (χ3v) is 5.46. The van der Waals surface area contributed by atoms with E-state index in [9.17, 15) is 27.6 Å². The highest BCUT2D eigenvalue weighted by molar-refractivity contribution is 8.18. The standard InChI is InChI=1S/C23H14F3N3O4S/c24-23(25,26)14-6-9-18(13(10-14)11-19-21(31)29-22(32)34-19)33-15-7-4-12(5-8-15)16-2-1-3-17(28-16)20(27)30/h1-11H,(H2,27,30)(H,29,31,32)/b19-11-. The molecule has 2 aromatic carbocycles. The van der Waals surface area contributed by atoms with Crippen LogP contribution in [0, 0.1) is 0 Å². The third-order valence-electron chi connectivity index (χ3n) is 4.65. The molecule has 0 radical (unpaired) electrons. The summed E-state index contributed by atoms with van der Waals surface area (Å²) in [7, 11) is 0.